The second-order valence-electron chi connectivity index (χ2n) is 7.80. The van der Waals surface area contributed by atoms with Gasteiger partial charge in [0.15, 0.2) is 0 Å². The van der Waals surface area contributed by atoms with Crippen molar-refractivity contribution in [2.45, 2.75) is 13.5 Å². The van der Waals surface area contributed by atoms with Crippen LogP contribution < -0.4 is 5.32 Å². The molecule has 2 amide bonds. The van der Waals surface area contributed by atoms with Crippen LogP contribution in [0.15, 0.2) is 65.9 Å². The largest absolute Gasteiger partial charge is 0.420 e. The summed E-state index contributed by atoms with van der Waals surface area (Å²) in [5.41, 5.74) is 4.31. The number of rotatable bonds is 5. The molecular formula is C24H20N6O3. The second-order valence-corrected chi connectivity index (χ2v) is 7.80. The Morgan fingerprint density at radius 2 is 1.94 bits per heavy atom. The lowest BCUT2D eigenvalue weighted by Gasteiger charge is -2.18. The summed E-state index contributed by atoms with van der Waals surface area (Å²) in [6.07, 6.45) is 1.95. The molecule has 2 aromatic heterocycles. The Labute approximate surface area is 189 Å². The van der Waals surface area contributed by atoms with Crippen molar-refractivity contribution in [3.8, 4) is 11.1 Å². The minimum atomic E-state index is -0.574. The third kappa shape index (κ3) is 3.49. The maximum Gasteiger partial charge on any atom is 0.271 e. The molecule has 1 aliphatic rings. The Kier molecular flexibility index (Phi) is 4.67. The van der Waals surface area contributed by atoms with Gasteiger partial charge in [0, 0.05) is 31.1 Å². The number of nitrogens with zero attached hydrogens (tertiary/aromatic N) is 5. The Morgan fingerprint density at radius 1 is 1.15 bits per heavy atom. The number of hydrogen-bond donors (Lipinski definition) is 1. The molecule has 33 heavy (non-hydrogen) atoms. The van der Waals surface area contributed by atoms with Gasteiger partial charge in [0.1, 0.15) is 5.70 Å². The van der Waals surface area contributed by atoms with Crippen molar-refractivity contribution < 1.29 is 14.0 Å². The Morgan fingerprint density at radius 3 is 2.70 bits per heavy atom. The maximum atomic E-state index is 13.1. The molecule has 0 bridgehead atoms. The normalized spacial score (nSPS) is 12.8. The number of carbonyl (C=O) groups is 2. The molecule has 0 atom stereocenters. The Bertz CT molecular complexity index is 1480. The van der Waals surface area contributed by atoms with Gasteiger partial charge in [0.05, 0.1) is 17.8 Å². The molecule has 9 heteroatoms. The smallest absolute Gasteiger partial charge is 0.271 e. The molecule has 0 unspecified atom stereocenters. The lowest BCUT2D eigenvalue weighted by Crippen LogP contribution is -2.34. The fourth-order valence-corrected chi connectivity index (χ4v) is 3.94. The van der Waals surface area contributed by atoms with E-state index < -0.39 is 5.91 Å². The molecule has 0 radical (unpaired) electrons. The van der Waals surface area contributed by atoms with E-state index in [0.29, 0.717) is 11.5 Å². The molecule has 2 aromatic carbocycles. The van der Waals surface area contributed by atoms with Crippen molar-refractivity contribution in [1.82, 2.24) is 30.2 Å². The minimum Gasteiger partial charge on any atom is -0.420 e. The van der Waals surface area contributed by atoms with Crippen LogP contribution in [-0.2, 0) is 18.4 Å². The predicted octanol–water partition coefficient (Wildman–Crippen LogP) is 3.19. The zero-order valence-electron chi connectivity index (χ0n) is 18.1. The zero-order valence-corrected chi connectivity index (χ0v) is 18.1. The molecule has 9 nitrogen and oxygen atoms in total. The highest BCUT2D eigenvalue weighted by molar-refractivity contribution is 6.07. The molecule has 0 fully saturated rings. The van der Waals surface area contributed by atoms with Gasteiger partial charge in [-0.2, -0.15) is 5.10 Å². The molecule has 0 spiro atoms. The summed E-state index contributed by atoms with van der Waals surface area (Å²) in [6, 6.07) is 11.5. The number of fused-ring (bicyclic) bond motifs is 2. The van der Waals surface area contributed by atoms with E-state index in [9.17, 15) is 9.59 Å². The molecule has 0 aliphatic carbocycles. The molecular weight excluding hydrogens is 420 g/mol. The highest BCUT2D eigenvalue weighted by Crippen LogP contribution is 2.35. The third-order valence-electron chi connectivity index (χ3n) is 5.53. The fourth-order valence-electron chi connectivity index (χ4n) is 3.94. The van der Waals surface area contributed by atoms with Crippen LogP contribution in [-0.4, -0.2) is 36.7 Å². The van der Waals surface area contributed by atoms with Gasteiger partial charge in [-0.1, -0.05) is 31.4 Å². The van der Waals surface area contributed by atoms with Crippen LogP contribution in [0.1, 0.15) is 27.7 Å². The van der Waals surface area contributed by atoms with Crippen LogP contribution in [0.25, 0.3) is 27.7 Å². The first-order valence-electron chi connectivity index (χ1n) is 10.2. The van der Waals surface area contributed by atoms with Gasteiger partial charge in [-0.05, 0) is 34.9 Å². The minimum absolute atomic E-state index is 0.00208. The van der Waals surface area contributed by atoms with E-state index in [2.05, 4.69) is 33.8 Å². The number of nitrogens with one attached hydrogen (secondary N) is 1. The van der Waals surface area contributed by atoms with Crippen LogP contribution in [0.3, 0.4) is 0 Å². The monoisotopic (exact) mass is 440 g/mol. The highest BCUT2D eigenvalue weighted by Gasteiger charge is 2.33. The molecule has 4 aromatic rings. The van der Waals surface area contributed by atoms with Gasteiger partial charge in [0.25, 0.3) is 17.7 Å². The Hall–Kier alpha value is -4.53. The van der Waals surface area contributed by atoms with Gasteiger partial charge in [-0.3, -0.25) is 19.2 Å². The summed E-state index contributed by atoms with van der Waals surface area (Å²) in [6.45, 7) is 9.45. The molecule has 164 valence electrons. The van der Waals surface area contributed by atoms with Crippen molar-refractivity contribution in [2.24, 2.45) is 7.05 Å². The van der Waals surface area contributed by atoms with E-state index in [-0.39, 0.29) is 29.7 Å². The van der Waals surface area contributed by atoms with E-state index in [1.807, 2.05) is 43.6 Å². The van der Waals surface area contributed by atoms with E-state index in [1.54, 1.807) is 17.7 Å². The number of carbonyl (C=O) groups excluding carboxylic acids is 2. The number of aromatic nitrogens is 4. The zero-order chi connectivity index (χ0) is 23.3. The molecule has 1 aliphatic heterocycles. The van der Waals surface area contributed by atoms with Crippen LogP contribution >= 0.6 is 0 Å². The van der Waals surface area contributed by atoms with Crippen molar-refractivity contribution in [3.05, 3.63) is 84.4 Å². The lowest BCUT2D eigenvalue weighted by atomic mass is 9.96. The first kappa shape index (κ1) is 20.4. The van der Waals surface area contributed by atoms with Crippen molar-refractivity contribution in [3.63, 3.8) is 0 Å². The summed E-state index contributed by atoms with van der Waals surface area (Å²) in [5.74, 6) is -0.414. The van der Waals surface area contributed by atoms with E-state index in [4.69, 9.17) is 4.42 Å². The summed E-state index contributed by atoms with van der Waals surface area (Å²) in [5, 5.41) is 15.5. The number of aryl methyl sites for hydroxylation is 2. The second kappa shape index (κ2) is 7.56. The third-order valence-corrected chi connectivity index (χ3v) is 5.53. The van der Waals surface area contributed by atoms with Gasteiger partial charge >= 0.3 is 0 Å². The topological polar surface area (TPSA) is 106 Å². The van der Waals surface area contributed by atoms with Gasteiger partial charge in [-0.25, -0.2) is 0 Å². The maximum absolute atomic E-state index is 13.1. The van der Waals surface area contributed by atoms with Gasteiger partial charge in [-0.15, -0.1) is 10.2 Å². The number of amides is 2. The number of hydrogen-bond acceptors (Lipinski definition) is 6. The van der Waals surface area contributed by atoms with E-state index in [1.165, 1.54) is 4.90 Å². The van der Waals surface area contributed by atoms with Crippen LogP contribution in [0.5, 0.6) is 0 Å². The fraction of sp³-hybridized carbons (Fsp3) is 0.125. The van der Waals surface area contributed by atoms with Crippen molar-refractivity contribution in [2.75, 3.05) is 0 Å². The molecule has 5 rings (SSSR count). The van der Waals surface area contributed by atoms with Gasteiger partial charge in [0.2, 0.25) is 5.89 Å². The average molecular weight is 440 g/mol. The first-order chi connectivity index (χ1) is 15.8. The summed E-state index contributed by atoms with van der Waals surface area (Å²) >= 11 is 0. The van der Waals surface area contributed by atoms with Crippen molar-refractivity contribution >= 4 is 28.4 Å². The summed E-state index contributed by atoms with van der Waals surface area (Å²) < 4.78 is 7.03. The number of benzene rings is 2. The molecule has 0 saturated carbocycles. The van der Waals surface area contributed by atoms with Gasteiger partial charge < -0.3 is 9.73 Å². The van der Waals surface area contributed by atoms with E-state index >= 15 is 0 Å². The molecule has 0 saturated heterocycles. The van der Waals surface area contributed by atoms with Crippen LogP contribution in [0.4, 0.5) is 0 Å². The summed E-state index contributed by atoms with van der Waals surface area (Å²) in [4.78, 5) is 27.2. The lowest BCUT2D eigenvalue weighted by molar-refractivity contribution is -0.117. The standard InChI is InChI=1S/C24H20N6O3/c1-13(23-27-26-15(3)33-23)25-22(31)14(2)30-12-20-18(6-5-7-19(20)24(30)32)16-8-9-21-17(10-16)11-29(4)28-21/h5-11H,1-2,12H2,3-4H3,(H,25,31). The first-order valence-corrected chi connectivity index (χ1v) is 10.2. The highest BCUT2D eigenvalue weighted by atomic mass is 16.4. The van der Waals surface area contributed by atoms with Crippen LogP contribution in [0, 0.1) is 6.92 Å². The average Bonchev–Trinajstić information content (AvgIpc) is 3.48. The quantitative estimate of drug-likeness (QED) is 0.478. The Balaban J connectivity index is 1.40. The van der Waals surface area contributed by atoms with Crippen LogP contribution in [0.2, 0.25) is 0 Å². The van der Waals surface area contributed by atoms with E-state index in [0.717, 1.165) is 27.6 Å². The SMILES string of the molecule is C=C(NC(=O)C(=C)N1Cc2c(cccc2-c2ccc3nn(C)cc3c2)C1=O)c1nnc(C)o1. The molecule has 3 heterocycles. The van der Waals surface area contributed by atoms with Crippen molar-refractivity contribution in [1.29, 1.82) is 0 Å². The summed E-state index contributed by atoms with van der Waals surface area (Å²) in [7, 11) is 1.88. The molecule has 1 N–H and O–H groups in total. The predicted molar refractivity (Wildman–Crippen MR) is 121 cm³/mol.